The predicted molar refractivity (Wildman–Crippen MR) is 73.9 cm³/mol. The maximum absolute atomic E-state index is 9.92. The molecular weight excluding hydrogens is 238 g/mol. The lowest BCUT2D eigenvalue weighted by Crippen LogP contribution is -2.57. The molecule has 1 saturated heterocycles. The number of hydrogen-bond donors (Lipinski definition) is 1. The van der Waals surface area contributed by atoms with Gasteiger partial charge in [-0.2, -0.15) is 0 Å². The third-order valence-corrected chi connectivity index (χ3v) is 6.30. The van der Waals surface area contributed by atoms with Crippen molar-refractivity contribution in [3.8, 4) is 0 Å². The van der Waals surface area contributed by atoms with Crippen LogP contribution in [0.5, 0.6) is 0 Å². The highest BCUT2D eigenvalue weighted by Crippen LogP contribution is 2.65. The van der Waals surface area contributed by atoms with Crippen molar-refractivity contribution in [2.24, 2.45) is 22.7 Å². The highest BCUT2D eigenvalue weighted by atomic mass is 16.5. The maximum atomic E-state index is 9.92. The molecule has 0 aromatic heterocycles. The van der Waals surface area contributed by atoms with Gasteiger partial charge in [-0.25, -0.2) is 0 Å². The molecule has 1 N–H and O–H groups in total. The average molecular weight is 265 g/mol. The van der Waals surface area contributed by atoms with Crippen molar-refractivity contribution in [1.82, 2.24) is 4.90 Å². The summed E-state index contributed by atoms with van der Waals surface area (Å²) in [5, 5.41) is 9.92. The first-order valence-electron chi connectivity index (χ1n) is 8.12. The van der Waals surface area contributed by atoms with Gasteiger partial charge < -0.3 is 9.84 Å². The summed E-state index contributed by atoms with van der Waals surface area (Å²) in [6.07, 6.45) is 8.23. The third kappa shape index (κ3) is 2.14. The molecule has 1 heterocycles. The van der Waals surface area contributed by atoms with E-state index in [1.54, 1.807) is 0 Å². The minimum atomic E-state index is 0.302. The minimum absolute atomic E-state index is 0.302. The van der Waals surface area contributed by atoms with Gasteiger partial charge in [-0.15, -0.1) is 0 Å². The quantitative estimate of drug-likeness (QED) is 0.846. The van der Waals surface area contributed by atoms with E-state index in [0.29, 0.717) is 17.4 Å². The van der Waals surface area contributed by atoms with Crippen LogP contribution in [0.2, 0.25) is 0 Å². The Balaban J connectivity index is 1.53. The molecule has 0 aromatic rings. The number of aliphatic hydroxyl groups is 1. The molecule has 5 rings (SSSR count). The van der Waals surface area contributed by atoms with Gasteiger partial charge in [0, 0.05) is 26.2 Å². The third-order valence-electron chi connectivity index (χ3n) is 6.30. The van der Waals surface area contributed by atoms with Crippen LogP contribution >= 0.6 is 0 Å². The Labute approximate surface area is 116 Å². The van der Waals surface area contributed by atoms with Crippen molar-refractivity contribution < 1.29 is 9.84 Å². The van der Waals surface area contributed by atoms with Crippen LogP contribution < -0.4 is 0 Å². The molecule has 2 atom stereocenters. The van der Waals surface area contributed by atoms with Crippen LogP contribution in [-0.2, 0) is 4.74 Å². The SMILES string of the molecule is OCC12CC3CC(C1)CC(CN1CCOCC1)(C3)C2. The van der Waals surface area contributed by atoms with E-state index in [4.69, 9.17) is 4.74 Å². The molecule has 5 fully saturated rings. The zero-order chi connectivity index (χ0) is 12.9. The summed E-state index contributed by atoms with van der Waals surface area (Å²) in [6.45, 7) is 5.75. The van der Waals surface area contributed by atoms with E-state index >= 15 is 0 Å². The molecule has 0 amide bonds. The van der Waals surface area contributed by atoms with E-state index < -0.39 is 0 Å². The molecule has 0 spiro atoms. The van der Waals surface area contributed by atoms with Crippen LogP contribution in [0, 0.1) is 22.7 Å². The van der Waals surface area contributed by atoms with E-state index in [0.717, 1.165) is 38.1 Å². The molecule has 19 heavy (non-hydrogen) atoms. The van der Waals surface area contributed by atoms with E-state index in [9.17, 15) is 5.11 Å². The number of aliphatic hydroxyl groups excluding tert-OH is 1. The Morgan fingerprint density at radius 3 is 2.26 bits per heavy atom. The van der Waals surface area contributed by atoms with E-state index in [1.165, 1.54) is 45.1 Å². The van der Waals surface area contributed by atoms with Crippen molar-refractivity contribution in [3.05, 3.63) is 0 Å². The summed E-state index contributed by atoms with van der Waals surface area (Å²) < 4.78 is 5.48. The normalized spacial score (nSPS) is 49.7. The van der Waals surface area contributed by atoms with Gasteiger partial charge in [-0.05, 0) is 61.2 Å². The topological polar surface area (TPSA) is 32.7 Å². The predicted octanol–water partition coefficient (Wildman–Crippen LogP) is 1.90. The largest absolute Gasteiger partial charge is 0.396 e. The second-order valence-corrected chi connectivity index (χ2v) is 8.01. The van der Waals surface area contributed by atoms with Crippen LogP contribution in [0.4, 0.5) is 0 Å². The molecule has 2 unspecified atom stereocenters. The van der Waals surface area contributed by atoms with Gasteiger partial charge in [0.25, 0.3) is 0 Å². The summed E-state index contributed by atoms with van der Waals surface area (Å²) in [5.41, 5.74) is 0.834. The molecule has 4 bridgehead atoms. The number of morpholine rings is 1. The van der Waals surface area contributed by atoms with Gasteiger partial charge in [-0.3, -0.25) is 4.90 Å². The van der Waals surface area contributed by atoms with Gasteiger partial charge in [0.15, 0.2) is 0 Å². The molecule has 1 aliphatic heterocycles. The van der Waals surface area contributed by atoms with Crippen LogP contribution in [-0.4, -0.2) is 49.5 Å². The van der Waals surface area contributed by atoms with Gasteiger partial charge >= 0.3 is 0 Å². The van der Waals surface area contributed by atoms with E-state index in [1.807, 2.05) is 0 Å². The fraction of sp³-hybridized carbons (Fsp3) is 1.00. The summed E-state index contributed by atoms with van der Waals surface area (Å²) in [5.74, 6) is 1.82. The fourth-order valence-corrected chi connectivity index (χ4v) is 6.25. The van der Waals surface area contributed by atoms with Crippen molar-refractivity contribution in [2.45, 2.75) is 38.5 Å². The Hall–Kier alpha value is -0.120. The summed E-state index contributed by atoms with van der Waals surface area (Å²) in [4.78, 5) is 2.63. The van der Waals surface area contributed by atoms with Crippen molar-refractivity contribution in [3.63, 3.8) is 0 Å². The second kappa shape index (κ2) is 4.44. The first-order chi connectivity index (χ1) is 9.21. The zero-order valence-corrected chi connectivity index (χ0v) is 11.9. The Kier molecular flexibility index (Phi) is 2.95. The van der Waals surface area contributed by atoms with Crippen molar-refractivity contribution >= 4 is 0 Å². The lowest BCUT2D eigenvalue weighted by molar-refractivity contribution is -0.142. The summed E-state index contributed by atoms with van der Waals surface area (Å²) in [6, 6.07) is 0. The van der Waals surface area contributed by atoms with Gasteiger partial charge in [0.2, 0.25) is 0 Å². The van der Waals surface area contributed by atoms with Crippen LogP contribution in [0.1, 0.15) is 38.5 Å². The Bertz CT molecular complexity index is 337. The minimum Gasteiger partial charge on any atom is -0.396 e. The molecular formula is C16H27NO2. The summed E-state index contributed by atoms with van der Waals surface area (Å²) in [7, 11) is 0. The summed E-state index contributed by atoms with van der Waals surface area (Å²) >= 11 is 0. The highest BCUT2D eigenvalue weighted by Gasteiger charge is 2.57. The first kappa shape index (κ1) is 12.6. The number of hydrogen-bond acceptors (Lipinski definition) is 3. The maximum Gasteiger partial charge on any atom is 0.0594 e. The molecule has 108 valence electrons. The first-order valence-corrected chi connectivity index (χ1v) is 8.12. The van der Waals surface area contributed by atoms with E-state index in [-0.39, 0.29) is 0 Å². The number of nitrogens with zero attached hydrogens (tertiary/aromatic N) is 1. The van der Waals surface area contributed by atoms with Crippen LogP contribution in [0.3, 0.4) is 0 Å². The van der Waals surface area contributed by atoms with Crippen LogP contribution in [0.25, 0.3) is 0 Å². The lowest BCUT2D eigenvalue weighted by atomic mass is 9.44. The van der Waals surface area contributed by atoms with E-state index in [2.05, 4.69) is 4.90 Å². The smallest absolute Gasteiger partial charge is 0.0594 e. The Morgan fingerprint density at radius 2 is 1.63 bits per heavy atom. The lowest BCUT2D eigenvalue weighted by Gasteiger charge is -2.62. The molecule has 4 saturated carbocycles. The standard InChI is InChI=1S/C16H27NO2/c18-12-16-8-13-5-14(9-16)7-15(6-13,10-16)11-17-1-3-19-4-2-17/h13-14,18H,1-12H2. The molecule has 5 aliphatic rings. The zero-order valence-electron chi connectivity index (χ0n) is 11.9. The highest BCUT2D eigenvalue weighted by molar-refractivity contribution is 5.08. The average Bonchev–Trinajstić information content (AvgIpc) is 2.38. The van der Waals surface area contributed by atoms with Gasteiger partial charge in [-0.1, -0.05) is 0 Å². The van der Waals surface area contributed by atoms with Crippen molar-refractivity contribution in [1.29, 1.82) is 0 Å². The molecule has 0 aromatic carbocycles. The Morgan fingerprint density at radius 1 is 1.00 bits per heavy atom. The molecule has 3 heteroatoms. The number of rotatable bonds is 3. The van der Waals surface area contributed by atoms with Crippen LogP contribution in [0.15, 0.2) is 0 Å². The number of ether oxygens (including phenoxy) is 1. The van der Waals surface area contributed by atoms with Crippen molar-refractivity contribution in [2.75, 3.05) is 39.5 Å². The van der Waals surface area contributed by atoms with Gasteiger partial charge in [0.05, 0.1) is 13.2 Å². The fourth-order valence-electron chi connectivity index (χ4n) is 6.25. The molecule has 4 aliphatic carbocycles. The second-order valence-electron chi connectivity index (χ2n) is 8.01. The molecule has 3 nitrogen and oxygen atoms in total. The van der Waals surface area contributed by atoms with Gasteiger partial charge in [0.1, 0.15) is 0 Å². The monoisotopic (exact) mass is 265 g/mol. The molecule has 0 radical (unpaired) electrons.